The summed E-state index contributed by atoms with van der Waals surface area (Å²) >= 11 is 0. The van der Waals surface area contributed by atoms with Gasteiger partial charge >= 0.3 is 0 Å². The summed E-state index contributed by atoms with van der Waals surface area (Å²) in [6.07, 6.45) is 2.09. The van der Waals surface area contributed by atoms with Gasteiger partial charge in [-0.05, 0) is 68.0 Å². The van der Waals surface area contributed by atoms with Gasteiger partial charge in [0.05, 0.1) is 6.04 Å². The van der Waals surface area contributed by atoms with E-state index < -0.39 is 6.23 Å². The monoisotopic (exact) mass is 433 g/mol. The maximum Gasteiger partial charge on any atom is 0.254 e. The summed E-state index contributed by atoms with van der Waals surface area (Å²) in [5.41, 5.74) is 5.77. The number of carbonyl (C=O) groups is 2. The summed E-state index contributed by atoms with van der Waals surface area (Å²) in [6, 6.07) is 14.6. The smallest absolute Gasteiger partial charge is 0.254 e. The molecule has 0 aromatic heterocycles. The van der Waals surface area contributed by atoms with Crippen molar-refractivity contribution in [1.82, 2.24) is 15.1 Å². The van der Waals surface area contributed by atoms with Crippen molar-refractivity contribution >= 4 is 11.8 Å². The Morgan fingerprint density at radius 1 is 1.06 bits per heavy atom. The molecule has 3 heterocycles. The van der Waals surface area contributed by atoms with Gasteiger partial charge in [-0.2, -0.15) is 0 Å². The highest BCUT2D eigenvalue weighted by Gasteiger charge is 2.39. The van der Waals surface area contributed by atoms with Gasteiger partial charge in [-0.1, -0.05) is 42.0 Å². The number of piperidine rings is 2. The zero-order valence-corrected chi connectivity index (χ0v) is 18.6. The Morgan fingerprint density at radius 2 is 1.88 bits per heavy atom. The third kappa shape index (κ3) is 4.17. The van der Waals surface area contributed by atoms with Crippen LogP contribution < -0.4 is 5.32 Å². The minimum Gasteiger partial charge on any atom is -0.372 e. The number of nitrogens with zero attached hydrogens (tertiary/aromatic N) is 2. The van der Waals surface area contributed by atoms with E-state index in [1.54, 1.807) is 4.90 Å². The maximum atomic E-state index is 12.9. The summed E-state index contributed by atoms with van der Waals surface area (Å²) in [5.74, 6) is 0.312. The minimum atomic E-state index is -0.994. The molecule has 0 bridgehead atoms. The fourth-order valence-corrected chi connectivity index (χ4v) is 5.47. The third-order valence-electron chi connectivity index (χ3n) is 7.25. The Hall–Kier alpha value is -2.70. The lowest BCUT2D eigenvalue weighted by Gasteiger charge is -2.35. The molecule has 0 spiro atoms. The number of hydrogen-bond donors (Lipinski definition) is 2. The second-order valence-electron chi connectivity index (χ2n) is 9.51. The normalized spacial score (nSPS) is 24.5. The summed E-state index contributed by atoms with van der Waals surface area (Å²) in [4.78, 5) is 28.7. The molecule has 2 aromatic carbocycles. The SMILES string of the molecule is Cc1cccc(CN2CCC(c3ccc4c(c3)CN(C3CCC(=O)NC3O)C4=O)CC2)c1. The van der Waals surface area contributed by atoms with Crippen LogP contribution in [0.3, 0.4) is 0 Å². The largest absolute Gasteiger partial charge is 0.372 e. The zero-order valence-electron chi connectivity index (χ0n) is 18.6. The topological polar surface area (TPSA) is 72.9 Å². The highest BCUT2D eigenvalue weighted by molar-refractivity contribution is 5.98. The molecule has 0 aliphatic carbocycles. The van der Waals surface area contributed by atoms with Crippen molar-refractivity contribution in [3.63, 3.8) is 0 Å². The zero-order chi connectivity index (χ0) is 22.2. The quantitative estimate of drug-likeness (QED) is 0.778. The number of likely N-dealkylation sites (tertiary alicyclic amines) is 1. The molecule has 3 aliphatic heterocycles. The Labute approximate surface area is 189 Å². The van der Waals surface area contributed by atoms with E-state index in [-0.39, 0.29) is 17.9 Å². The van der Waals surface area contributed by atoms with Gasteiger partial charge in [0.2, 0.25) is 5.91 Å². The van der Waals surface area contributed by atoms with Gasteiger partial charge < -0.3 is 15.3 Å². The number of aryl methyl sites for hydroxylation is 1. The molecular formula is C26H31N3O3. The van der Waals surface area contributed by atoms with Crippen molar-refractivity contribution in [2.45, 2.75) is 63.9 Å². The number of nitrogens with one attached hydrogen (secondary N) is 1. The Bertz CT molecular complexity index is 1030. The van der Waals surface area contributed by atoms with Crippen LogP contribution >= 0.6 is 0 Å². The molecule has 2 unspecified atom stereocenters. The molecule has 2 atom stereocenters. The number of rotatable bonds is 4. The number of benzene rings is 2. The Morgan fingerprint density at radius 3 is 2.62 bits per heavy atom. The van der Waals surface area contributed by atoms with Crippen molar-refractivity contribution < 1.29 is 14.7 Å². The van der Waals surface area contributed by atoms with Gasteiger partial charge in [-0.15, -0.1) is 0 Å². The molecule has 2 fully saturated rings. The van der Waals surface area contributed by atoms with Crippen LogP contribution in [0, 0.1) is 6.92 Å². The van der Waals surface area contributed by atoms with Crippen LogP contribution in [-0.2, 0) is 17.9 Å². The molecule has 6 heteroatoms. The molecule has 5 rings (SSSR count). The molecule has 3 aliphatic rings. The van der Waals surface area contributed by atoms with Crippen LogP contribution in [0.1, 0.15) is 64.2 Å². The maximum absolute atomic E-state index is 12.9. The van der Waals surface area contributed by atoms with Crippen molar-refractivity contribution in [3.05, 3.63) is 70.3 Å². The van der Waals surface area contributed by atoms with E-state index in [0.717, 1.165) is 43.6 Å². The summed E-state index contributed by atoms with van der Waals surface area (Å²) in [6.45, 7) is 5.80. The third-order valence-corrected chi connectivity index (χ3v) is 7.25. The summed E-state index contributed by atoms with van der Waals surface area (Å²) < 4.78 is 0. The fraction of sp³-hybridized carbons (Fsp3) is 0.462. The summed E-state index contributed by atoms with van der Waals surface area (Å²) in [5, 5.41) is 12.8. The first kappa shape index (κ1) is 21.2. The van der Waals surface area contributed by atoms with E-state index in [1.807, 2.05) is 6.07 Å². The van der Waals surface area contributed by atoms with E-state index in [0.29, 0.717) is 25.3 Å². The first-order chi connectivity index (χ1) is 15.5. The molecule has 2 aromatic rings. The van der Waals surface area contributed by atoms with Crippen molar-refractivity contribution in [3.8, 4) is 0 Å². The molecule has 2 amide bonds. The molecule has 2 saturated heterocycles. The van der Waals surface area contributed by atoms with Crippen LogP contribution in [0.2, 0.25) is 0 Å². The average molecular weight is 434 g/mol. The van der Waals surface area contributed by atoms with Gasteiger partial charge in [0, 0.05) is 25.1 Å². The lowest BCUT2D eigenvalue weighted by molar-refractivity contribution is -0.129. The Kier molecular flexibility index (Phi) is 5.74. The fourth-order valence-electron chi connectivity index (χ4n) is 5.47. The Balaban J connectivity index is 1.22. The molecule has 0 radical (unpaired) electrons. The van der Waals surface area contributed by atoms with Crippen molar-refractivity contribution in [2.75, 3.05) is 13.1 Å². The second kappa shape index (κ2) is 8.68. The first-order valence-corrected chi connectivity index (χ1v) is 11.7. The van der Waals surface area contributed by atoms with Crippen LogP contribution in [0.5, 0.6) is 0 Å². The van der Waals surface area contributed by atoms with E-state index in [4.69, 9.17) is 0 Å². The van der Waals surface area contributed by atoms with E-state index in [1.165, 1.54) is 16.7 Å². The van der Waals surface area contributed by atoms with Gasteiger partial charge in [-0.25, -0.2) is 0 Å². The predicted octanol–water partition coefficient (Wildman–Crippen LogP) is 2.93. The average Bonchev–Trinajstić information content (AvgIpc) is 3.10. The first-order valence-electron chi connectivity index (χ1n) is 11.7. The second-order valence-corrected chi connectivity index (χ2v) is 9.51. The van der Waals surface area contributed by atoms with E-state index in [2.05, 4.69) is 53.5 Å². The highest BCUT2D eigenvalue weighted by Crippen LogP contribution is 2.34. The number of carbonyl (C=O) groups excluding carboxylic acids is 2. The number of aliphatic hydroxyl groups excluding tert-OH is 1. The van der Waals surface area contributed by atoms with Crippen molar-refractivity contribution in [1.29, 1.82) is 0 Å². The van der Waals surface area contributed by atoms with Crippen LogP contribution in [0.4, 0.5) is 0 Å². The van der Waals surface area contributed by atoms with Crippen LogP contribution in [0.15, 0.2) is 42.5 Å². The van der Waals surface area contributed by atoms with Crippen LogP contribution in [-0.4, -0.2) is 52.1 Å². The lowest BCUT2D eigenvalue weighted by atomic mass is 9.87. The lowest BCUT2D eigenvalue weighted by Crippen LogP contribution is -2.55. The molecule has 2 N–H and O–H groups in total. The van der Waals surface area contributed by atoms with E-state index in [9.17, 15) is 14.7 Å². The van der Waals surface area contributed by atoms with Crippen LogP contribution in [0.25, 0.3) is 0 Å². The van der Waals surface area contributed by atoms with Gasteiger partial charge in [-0.3, -0.25) is 14.5 Å². The molecule has 32 heavy (non-hydrogen) atoms. The van der Waals surface area contributed by atoms with E-state index >= 15 is 0 Å². The minimum absolute atomic E-state index is 0.0419. The standard InChI is InChI=1S/C26H31N3O3/c1-17-3-2-4-18(13-17)15-28-11-9-19(10-12-28)20-5-6-22-21(14-20)16-29(26(22)32)23-7-8-24(30)27-25(23)31/h2-6,13-14,19,23,25,31H,7-12,15-16H2,1H3,(H,27,30). The highest BCUT2D eigenvalue weighted by atomic mass is 16.3. The number of aliphatic hydroxyl groups is 1. The number of hydrogen-bond acceptors (Lipinski definition) is 4. The summed E-state index contributed by atoms with van der Waals surface area (Å²) in [7, 11) is 0. The molecule has 168 valence electrons. The van der Waals surface area contributed by atoms with Gasteiger partial charge in [0.1, 0.15) is 6.23 Å². The van der Waals surface area contributed by atoms with Gasteiger partial charge in [0.15, 0.2) is 0 Å². The predicted molar refractivity (Wildman–Crippen MR) is 122 cm³/mol. The van der Waals surface area contributed by atoms with Crippen molar-refractivity contribution in [2.24, 2.45) is 0 Å². The molecule has 0 saturated carbocycles. The number of fused-ring (bicyclic) bond motifs is 1. The molecule has 6 nitrogen and oxygen atoms in total. The molecular weight excluding hydrogens is 402 g/mol. The number of amides is 2. The van der Waals surface area contributed by atoms with Gasteiger partial charge in [0.25, 0.3) is 5.91 Å².